The second kappa shape index (κ2) is 10.2. The van der Waals surface area contributed by atoms with Crippen molar-refractivity contribution in [3.05, 3.63) is 80.6 Å². The number of nitrogens with zero attached hydrogens (tertiary/aromatic N) is 3. The fourth-order valence-electron chi connectivity index (χ4n) is 3.75. The van der Waals surface area contributed by atoms with Gasteiger partial charge in [0.15, 0.2) is 0 Å². The fraction of sp³-hybridized carbons (Fsp3) is 0.250. The van der Waals surface area contributed by atoms with Gasteiger partial charge in [0.05, 0.1) is 28.2 Å². The molecule has 0 bridgehead atoms. The highest BCUT2D eigenvalue weighted by molar-refractivity contribution is 7.92. The van der Waals surface area contributed by atoms with Crippen LogP contribution in [0.4, 0.5) is 5.69 Å². The van der Waals surface area contributed by atoms with Crippen LogP contribution in [0.2, 0.25) is 10.0 Å². The van der Waals surface area contributed by atoms with E-state index in [9.17, 15) is 13.2 Å². The van der Waals surface area contributed by atoms with E-state index in [4.69, 9.17) is 23.2 Å². The number of hydrazone groups is 1. The van der Waals surface area contributed by atoms with Gasteiger partial charge in [0.2, 0.25) is 10.0 Å². The zero-order chi connectivity index (χ0) is 25.2. The van der Waals surface area contributed by atoms with Crippen molar-refractivity contribution in [3.63, 3.8) is 0 Å². The molecule has 7 nitrogen and oxygen atoms in total. The molecule has 2 aromatic carbocycles. The Balaban J connectivity index is 1.77. The Morgan fingerprint density at radius 3 is 2.38 bits per heavy atom. The molecule has 0 radical (unpaired) electrons. The van der Waals surface area contributed by atoms with E-state index in [-0.39, 0.29) is 6.54 Å². The number of sulfonamides is 1. The molecule has 0 fully saturated rings. The highest BCUT2D eigenvalue weighted by atomic mass is 35.5. The van der Waals surface area contributed by atoms with Crippen molar-refractivity contribution < 1.29 is 13.2 Å². The summed E-state index contributed by atoms with van der Waals surface area (Å²) >= 11 is 12.2. The molecule has 0 saturated heterocycles. The molecule has 0 unspecified atom stereocenters. The van der Waals surface area contributed by atoms with Crippen LogP contribution >= 0.6 is 23.2 Å². The lowest BCUT2D eigenvalue weighted by molar-refractivity contribution is -0.119. The van der Waals surface area contributed by atoms with Crippen LogP contribution in [0.3, 0.4) is 0 Å². The van der Waals surface area contributed by atoms with Gasteiger partial charge in [-0.15, -0.1) is 0 Å². The van der Waals surface area contributed by atoms with E-state index in [0.717, 1.165) is 44.3 Å². The molecule has 0 atom stereocenters. The first kappa shape index (κ1) is 25.8. The molecule has 1 amide bonds. The molecule has 0 aliphatic rings. The zero-order valence-corrected chi connectivity index (χ0v) is 21.9. The number of aryl methyl sites for hydroxylation is 3. The maximum atomic E-state index is 12.5. The maximum Gasteiger partial charge on any atom is 0.260 e. The lowest BCUT2D eigenvalue weighted by Crippen LogP contribution is -2.39. The molecule has 0 spiro atoms. The van der Waals surface area contributed by atoms with Crippen LogP contribution in [0.1, 0.15) is 28.1 Å². The van der Waals surface area contributed by atoms with E-state index in [1.807, 2.05) is 43.5 Å². The number of hydrogen-bond donors (Lipinski definition) is 1. The molecule has 3 rings (SSSR count). The van der Waals surface area contributed by atoms with E-state index >= 15 is 0 Å². The lowest BCUT2D eigenvalue weighted by atomic mass is 10.1. The SMILES string of the molecule is Cc1ccc(N(CC(=O)N/N=C\c2cc(C)n(-c3ccc(Cl)c(Cl)c3)c2C)S(C)(=O)=O)c(C)c1. The highest BCUT2D eigenvalue weighted by Gasteiger charge is 2.22. The molecule has 1 N–H and O–H groups in total. The molecule has 0 saturated carbocycles. The van der Waals surface area contributed by atoms with Crippen LogP contribution in [0.5, 0.6) is 0 Å². The molecule has 1 heterocycles. The van der Waals surface area contributed by atoms with Gasteiger partial charge >= 0.3 is 0 Å². The second-order valence-electron chi connectivity index (χ2n) is 8.11. The van der Waals surface area contributed by atoms with Crippen LogP contribution in [0.15, 0.2) is 47.6 Å². The van der Waals surface area contributed by atoms with Gasteiger partial charge in [0.1, 0.15) is 6.54 Å². The topological polar surface area (TPSA) is 83.8 Å². The van der Waals surface area contributed by atoms with E-state index in [0.29, 0.717) is 15.7 Å². The monoisotopic (exact) mass is 520 g/mol. The molecule has 3 aromatic rings. The molecular formula is C24H26Cl2N4O3S. The van der Waals surface area contributed by atoms with Gasteiger partial charge in [0, 0.05) is 22.6 Å². The molecule has 0 aliphatic heterocycles. The predicted molar refractivity (Wildman–Crippen MR) is 139 cm³/mol. The summed E-state index contributed by atoms with van der Waals surface area (Å²) in [4.78, 5) is 12.5. The van der Waals surface area contributed by atoms with Crippen LogP contribution in [-0.4, -0.2) is 37.9 Å². The Morgan fingerprint density at radius 1 is 1.06 bits per heavy atom. The molecule has 180 valence electrons. The Labute approximate surface area is 210 Å². The average molecular weight is 521 g/mol. The first-order valence-electron chi connectivity index (χ1n) is 10.4. The highest BCUT2D eigenvalue weighted by Crippen LogP contribution is 2.27. The molecular weight excluding hydrogens is 495 g/mol. The molecule has 0 aliphatic carbocycles. The summed E-state index contributed by atoms with van der Waals surface area (Å²) in [6.45, 7) is 7.20. The van der Waals surface area contributed by atoms with Gasteiger partial charge < -0.3 is 4.57 Å². The van der Waals surface area contributed by atoms with Crippen LogP contribution in [0, 0.1) is 27.7 Å². The molecule has 34 heavy (non-hydrogen) atoms. The Morgan fingerprint density at radius 2 is 1.76 bits per heavy atom. The fourth-order valence-corrected chi connectivity index (χ4v) is 4.95. The number of rotatable bonds is 7. The first-order chi connectivity index (χ1) is 15.9. The van der Waals surface area contributed by atoms with Crippen molar-refractivity contribution in [1.29, 1.82) is 0 Å². The number of amides is 1. The summed E-state index contributed by atoms with van der Waals surface area (Å²) in [7, 11) is -3.67. The summed E-state index contributed by atoms with van der Waals surface area (Å²) in [6, 6.07) is 12.7. The number of benzene rings is 2. The van der Waals surface area contributed by atoms with Gasteiger partial charge in [-0.05, 0) is 63.6 Å². The number of carbonyl (C=O) groups excluding carboxylic acids is 1. The van der Waals surface area contributed by atoms with Crippen molar-refractivity contribution >= 4 is 51.0 Å². The number of nitrogens with one attached hydrogen (secondary N) is 1. The van der Waals surface area contributed by atoms with Crippen molar-refractivity contribution in [2.45, 2.75) is 27.7 Å². The predicted octanol–water partition coefficient (Wildman–Crippen LogP) is 4.93. The van der Waals surface area contributed by atoms with Crippen LogP contribution < -0.4 is 9.73 Å². The Kier molecular flexibility index (Phi) is 7.75. The minimum atomic E-state index is -3.67. The third kappa shape index (κ3) is 5.81. The summed E-state index contributed by atoms with van der Waals surface area (Å²) in [6.07, 6.45) is 2.59. The van der Waals surface area contributed by atoms with E-state index in [1.165, 1.54) is 6.21 Å². The average Bonchev–Trinajstić information content (AvgIpc) is 3.01. The van der Waals surface area contributed by atoms with E-state index in [2.05, 4.69) is 10.5 Å². The standard InChI is InChI=1S/C24H26Cl2N4O3S/c1-15-6-9-23(16(2)10-15)29(34(5,32)33)14-24(31)28-27-13-19-11-17(3)30(18(19)4)20-7-8-21(25)22(26)12-20/h6-13H,14H2,1-5H3,(H,28,31)/b27-13-. The quantitative estimate of drug-likeness (QED) is 0.353. The van der Waals surface area contributed by atoms with Crippen LogP contribution in [0.25, 0.3) is 5.69 Å². The second-order valence-corrected chi connectivity index (χ2v) is 10.8. The normalized spacial score (nSPS) is 11.7. The third-order valence-corrected chi connectivity index (χ3v) is 7.20. The Bertz CT molecular complexity index is 1380. The van der Waals surface area contributed by atoms with Gasteiger partial charge in [-0.2, -0.15) is 5.10 Å². The molecule has 1 aromatic heterocycles. The summed E-state index contributed by atoms with van der Waals surface area (Å²) in [5.74, 6) is -0.556. The number of aromatic nitrogens is 1. The summed E-state index contributed by atoms with van der Waals surface area (Å²) in [5.41, 5.74) is 8.12. The number of carbonyl (C=O) groups is 1. The van der Waals surface area contributed by atoms with Gasteiger partial charge in [-0.1, -0.05) is 40.9 Å². The van der Waals surface area contributed by atoms with Crippen molar-refractivity contribution in [2.24, 2.45) is 5.10 Å². The van der Waals surface area contributed by atoms with Crippen LogP contribution in [-0.2, 0) is 14.8 Å². The lowest BCUT2D eigenvalue weighted by Gasteiger charge is -2.23. The summed E-state index contributed by atoms with van der Waals surface area (Å²) < 4.78 is 27.8. The number of anilines is 1. The minimum absolute atomic E-state index is 0.387. The van der Waals surface area contributed by atoms with Gasteiger partial charge in [-0.25, -0.2) is 13.8 Å². The van der Waals surface area contributed by atoms with E-state index in [1.54, 1.807) is 31.2 Å². The van der Waals surface area contributed by atoms with Gasteiger partial charge in [-0.3, -0.25) is 9.10 Å². The minimum Gasteiger partial charge on any atom is -0.318 e. The number of hydrogen-bond acceptors (Lipinski definition) is 4. The summed E-state index contributed by atoms with van der Waals surface area (Å²) in [5, 5.41) is 4.97. The van der Waals surface area contributed by atoms with Gasteiger partial charge in [0.25, 0.3) is 5.91 Å². The first-order valence-corrected chi connectivity index (χ1v) is 13.0. The van der Waals surface area contributed by atoms with Crippen molar-refractivity contribution in [2.75, 3.05) is 17.1 Å². The van der Waals surface area contributed by atoms with E-state index < -0.39 is 15.9 Å². The maximum absolute atomic E-state index is 12.5. The smallest absolute Gasteiger partial charge is 0.260 e. The third-order valence-electron chi connectivity index (χ3n) is 5.33. The molecule has 10 heteroatoms. The zero-order valence-electron chi connectivity index (χ0n) is 19.6. The Hall–Kier alpha value is -2.81. The van der Waals surface area contributed by atoms with Crippen molar-refractivity contribution in [3.8, 4) is 5.69 Å². The van der Waals surface area contributed by atoms with Crippen molar-refractivity contribution in [1.82, 2.24) is 9.99 Å². The number of halogens is 2. The largest absolute Gasteiger partial charge is 0.318 e.